The first kappa shape index (κ1) is 15.5. The molecule has 0 bridgehead atoms. The number of sulfonamides is 1. The molecule has 1 aromatic rings. The van der Waals surface area contributed by atoms with E-state index in [2.05, 4.69) is 15.9 Å². The van der Waals surface area contributed by atoms with Crippen molar-refractivity contribution in [2.24, 2.45) is 0 Å². The summed E-state index contributed by atoms with van der Waals surface area (Å²) in [6.07, 6.45) is 2.81. The van der Waals surface area contributed by atoms with E-state index in [9.17, 15) is 8.42 Å². The number of rotatable bonds is 6. The van der Waals surface area contributed by atoms with Gasteiger partial charge in [0.1, 0.15) is 4.21 Å². The van der Waals surface area contributed by atoms with Gasteiger partial charge in [0.2, 0.25) is 0 Å². The molecule has 0 saturated heterocycles. The molecule has 1 heterocycles. The second-order valence-electron chi connectivity index (χ2n) is 3.59. The van der Waals surface area contributed by atoms with E-state index in [1.54, 1.807) is 30.3 Å². The molecule has 17 heavy (non-hydrogen) atoms. The minimum absolute atomic E-state index is 0.0454. The molecule has 0 aromatic carbocycles. The second kappa shape index (κ2) is 6.56. The van der Waals surface area contributed by atoms with Crippen LogP contribution in [0.5, 0.6) is 0 Å². The van der Waals surface area contributed by atoms with Crippen LogP contribution in [0.15, 0.2) is 20.1 Å². The molecular weight excluding hydrogens is 342 g/mol. The lowest BCUT2D eigenvalue weighted by atomic mass is 10.3. The van der Waals surface area contributed by atoms with Crippen molar-refractivity contribution in [2.75, 3.05) is 19.1 Å². The number of thiophene rings is 1. The normalized spacial score (nSPS) is 14.2. The average molecular weight is 358 g/mol. The van der Waals surface area contributed by atoms with E-state index in [1.165, 1.54) is 15.6 Å². The lowest BCUT2D eigenvalue weighted by Gasteiger charge is -2.25. The summed E-state index contributed by atoms with van der Waals surface area (Å²) in [5, 5.41) is 1.78. The van der Waals surface area contributed by atoms with Gasteiger partial charge in [0.15, 0.2) is 0 Å². The highest BCUT2D eigenvalue weighted by Crippen LogP contribution is 2.31. The fourth-order valence-electron chi connectivity index (χ4n) is 1.46. The largest absolute Gasteiger partial charge is 0.253 e. The predicted molar refractivity (Wildman–Crippen MR) is 79.4 cm³/mol. The van der Waals surface area contributed by atoms with Gasteiger partial charge in [-0.2, -0.15) is 16.1 Å². The Hall–Kier alpha value is 0.440. The van der Waals surface area contributed by atoms with E-state index >= 15 is 0 Å². The zero-order valence-electron chi connectivity index (χ0n) is 10.0. The smallest absolute Gasteiger partial charge is 0.206 e. The highest BCUT2D eigenvalue weighted by Gasteiger charge is 2.29. The van der Waals surface area contributed by atoms with Gasteiger partial charge in [0.25, 0.3) is 10.0 Å². The number of thioether (sulfide) groups is 1. The average Bonchev–Trinajstić information content (AvgIpc) is 2.72. The Labute approximate surface area is 120 Å². The molecule has 1 aromatic heterocycles. The highest BCUT2D eigenvalue weighted by atomic mass is 79.9. The molecule has 0 saturated carbocycles. The third-order valence-electron chi connectivity index (χ3n) is 2.54. The molecule has 1 atom stereocenters. The summed E-state index contributed by atoms with van der Waals surface area (Å²) in [6, 6.07) is 1.81. The van der Waals surface area contributed by atoms with Crippen LogP contribution in [-0.2, 0) is 10.0 Å². The van der Waals surface area contributed by atoms with Crippen LogP contribution < -0.4 is 0 Å². The molecule has 0 spiro atoms. The van der Waals surface area contributed by atoms with E-state index in [0.717, 1.165) is 12.2 Å². The molecule has 0 fully saturated rings. The van der Waals surface area contributed by atoms with Crippen molar-refractivity contribution in [2.45, 2.75) is 23.6 Å². The first-order chi connectivity index (χ1) is 7.95. The van der Waals surface area contributed by atoms with E-state index in [-0.39, 0.29) is 6.04 Å². The lowest BCUT2D eigenvalue weighted by molar-refractivity contribution is 0.386. The number of hydrogen-bond donors (Lipinski definition) is 0. The molecule has 0 radical (unpaired) electrons. The number of hydrogen-bond acceptors (Lipinski definition) is 4. The molecule has 0 aliphatic heterocycles. The third kappa shape index (κ3) is 3.47. The summed E-state index contributed by atoms with van der Waals surface area (Å²) < 4.78 is 27.3. The van der Waals surface area contributed by atoms with Crippen molar-refractivity contribution in [3.8, 4) is 0 Å². The first-order valence-electron chi connectivity index (χ1n) is 5.15. The van der Waals surface area contributed by atoms with E-state index < -0.39 is 10.0 Å². The summed E-state index contributed by atoms with van der Waals surface area (Å²) in [7, 11) is -1.71. The van der Waals surface area contributed by atoms with Gasteiger partial charge < -0.3 is 0 Å². The standard InChI is InChI=1S/C10H16BrNO2S3/c1-4-8(7-15-3)12(2)17(13,14)10-9(11)5-6-16-10/h5-6,8H,4,7H2,1-3H3. The predicted octanol–water partition coefficient (Wildman–Crippen LogP) is 3.27. The topological polar surface area (TPSA) is 37.4 Å². The van der Waals surface area contributed by atoms with Crippen molar-refractivity contribution in [3.05, 3.63) is 15.9 Å². The van der Waals surface area contributed by atoms with Crippen molar-refractivity contribution in [3.63, 3.8) is 0 Å². The van der Waals surface area contributed by atoms with Crippen molar-refractivity contribution in [1.82, 2.24) is 4.31 Å². The van der Waals surface area contributed by atoms with Crippen LogP contribution in [0.25, 0.3) is 0 Å². The molecule has 98 valence electrons. The third-order valence-corrected chi connectivity index (χ3v) is 7.82. The van der Waals surface area contributed by atoms with Crippen LogP contribution in [0, 0.1) is 0 Å². The lowest BCUT2D eigenvalue weighted by Crippen LogP contribution is -2.38. The van der Waals surface area contributed by atoms with E-state index in [4.69, 9.17) is 0 Å². The fraction of sp³-hybridized carbons (Fsp3) is 0.600. The van der Waals surface area contributed by atoms with Gasteiger partial charge in [-0.05, 0) is 40.1 Å². The zero-order valence-corrected chi connectivity index (χ0v) is 14.0. The minimum atomic E-state index is -3.37. The Balaban J connectivity index is 3.02. The maximum Gasteiger partial charge on any atom is 0.253 e. The van der Waals surface area contributed by atoms with Crippen LogP contribution >= 0.6 is 39.0 Å². The van der Waals surface area contributed by atoms with E-state index in [1.807, 2.05) is 13.2 Å². The van der Waals surface area contributed by atoms with Crippen LogP contribution in [-0.4, -0.2) is 37.8 Å². The van der Waals surface area contributed by atoms with E-state index in [0.29, 0.717) is 8.68 Å². The number of nitrogens with zero attached hydrogens (tertiary/aromatic N) is 1. The van der Waals surface area contributed by atoms with Gasteiger partial charge in [0, 0.05) is 23.3 Å². The van der Waals surface area contributed by atoms with Crippen molar-refractivity contribution >= 4 is 49.1 Å². The maximum atomic E-state index is 12.4. The summed E-state index contributed by atoms with van der Waals surface area (Å²) >= 11 is 6.19. The fourth-order valence-corrected chi connectivity index (χ4v) is 6.31. The Morgan fingerprint density at radius 3 is 2.65 bits per heavy atom. The Morgan fingerprint density at radius 2 is 2.24 bits per heavy atom. The molecule has 0 amide bonds. The molecule has 7 heteroatoms. The summed E-state index contributed by atoms with van der Waals surface area (Å²) in [5.74, 6) is 0.815. The second-order valence-corrected chi connectivity index (χ2v) is 8.47. The minimum Gasteiger partial charge on any atom is -0.206 e. The summed E-state index contributed by atoms with van der Waals surface area (Å²) in [6.45, 7) is 2.01. The summed E-state index contributed by atoms with van der Waals surface area (Å²) in [5.41, 5.74) is 0. The quantitative estimate of drug-likeness (QED) is 0.783. The maximum absolute atomic E-state index is 12.4. The van der Waals surface area contributed by atoms with Crippen LogP contribution in [0.2, 0.25) is 0 Å². The molecule has 3 nitrogen and oxygen atoms in total. The SMILES string of the molecule is CCC(CSC)N(C)S(=O)(=O)c1sccc1Br. The number of halogens is 1. The molecule has 0 aliphatic rings. The molecule has 1 rings (SSSR count). The first-order valence-corrected chi connectivity index (χ1v) is 9.65. The Kier molecular flexibility index (Phi) is 5.98. The van der Waals surface area contributed by atoms with Crippen LogP contribution in [0.4, 0.5) is 0 Å². The van der Waals surface area contributed by atoms with Crippen LogP contribution in [0.3, 0.4) is 0 Å². The van der Waals surface area contributed by atoms with Gasteiger partial charge in [0.05, 0.1) is 0 Å². The monoisotopic (exact) mass is 357 g/mol. The van der Waals surface area contributed by atoms with Crippen LogP contribution in [0.1, 0.15) is 13.3 Å². The highest BCUT2D eigenvalue weighted by molar-refractivity contribution is 9.10. The molecular formula is C10H16BrNO2S3. The van der Waals surface area contributed by atoms with Gasteiger partial charge >= 0.3 is 0 Å². The van der Waals surface area contributed by atoms with Crippen molar-refractivity contribution in [1.29, 1.82) is 0 Å². The molecule has 0 aliphatic carbocycles. The zero-order chi connectivity index (χ0) is 13.1. The molecule has 1 unspecified atom stereocenters. The summed E-state index contributed by atoms with van der Waals surface area (Å²) in [4.78, 5) is 0. The van der Waals surface area contributed by atoms with Gasteiger partial charge in [-0.1, -0.05) is 6.92 Å². The Morgan fingerprint density at radius 1 is 1.59 bits per heavy atom. The molecule has 0 N–H and O–H groups in total. The van der Waals surface area contributed by atoms with Crippen molar-refractivity contribution < 1.29 is 8.42 Å². The van der Waals surface area contributed by atoms with Gasteiger partial charge in [-0.25, -0.2) is 8.42 Å². The Bertz CT molecular complexity index is 458. The van der Waals surface area contributed by atoms with Gasteiger partial charge in [-0.15, -0.1) is 11.3 Å². The van der Waals surface area contributed by atoms with Gasteiger partial charge in [-0.3, -0.25) is 0 Å².